The van der Waals surface area contributed by atoms with Crippen LogP contribution in [-0.2, 0) is 9.53 Å². The molecule has 0 aliphatic heterocycles. The number of carbonyl (C=O) groups excluding carboxylic acids is 1. The Balaban J connectivity index is 1.84. The van der Waals surface area contributed by atoms with Gasteiger partial charge in [0.15, 0.2) is 11.9 Å². The van der Waals surface area contributed by atoms with Crippen molar-refractivity contribution in [2.45, 2.75) is 13.0 Å². The van der Waals surface area contributed by atoms with Crippen LogP contribution in [0.4, 0.5) is 0 Å². The fourth-order valence-electron chi connectivity index (χ4n) is 3.22. The summed E-state index contributed by atoms with van der Waals surface area (Å²) < 4.78 is 12.5. The molecule has 0 radical (unpaired) electrons. The highest BCUT2D eigenvalue weighted by atomic mass is 32.1. The summed E-state index contributed by atoms with van der Waals surface area (Å²) in [5.41, 5.74) is 2.65. The van der Waals surface area contributed by atoms with E-state index in [-0.39, 0.29) is 6.61 Å². The number of para-hydroxylation sites is 1. The van der Waals surface area contributed by atoms with Crippen LogP contribution >= 0.6 is 11.5 Å². The van der Waals surface area contributed by atoms with Gasteiger partial charge in [0.05, 0.1) is 19.4 Å². The van der Waals surface area contributed by atoms with Crippen LogP contribution in [-0.4, -0.2) is 28.6 Å². The molecule has 0 aliphatic rings. The summed E-state index contributed by atoms with van der Waals surface area (Å²) >= 11 is 1.38. The zero-order valence-electron chi connectivity index (χ0n) is 17.8. The Labute approximate surface area is 190 Å². The number of ether oxygens (including phenoxy) is 2. The van der Waals surface area contributed by atoms with Gasteiger partial charge in [0.1, 0.15) is 5.75 Å². The minimum absolute atomic E-state index is 0.276. The first kappa shape index (κ1) is 21.5. The molecule has 1 atom stereocenters. The van der Waals surface area contributed by atoms with Gasteiger partial charge in [-0.1, -0.05) is 60.7 Å². The molecule has 4 aromatic rings. The second-order valence-corrected chi connectivity index (χ2v) is 7.77. The van der Waals surface area contributed by atoms with E-state index >= 15 is 0 Å². The molecule has 1 unspecified atom stereocenters. The van der Waals surface area contributed by atoms with Gasteiger partial charge in [0.25, 0.3) is 0 Å². The topological polar surface area (TPSA) is 65.7 Å². The predicted molar refractivity (Wildman–Crippen MR) is 125 cm³/mol. The normalized spacial score (nSPS) is 12.4. The monoisotopic (exact) mass is 445 g/mol. The van der Waals surface area contributed by atoms with Crippen LogP contribution in [0.5, 0.6) is 5.75 Å². The first-order valence-electron chi connectivity index (χ1n) is 10.2. The second-order valence-electron chi connectivity index (χ2n) is 6.86. The van der Waals surface area contributed by atoms with Crippen molar-refractivity contribution in [3.8, 4) is 22.8 Å². The van der Waals surface area contributed by atoms with Crippen LogP contribution in [0.3, 0.4) is 0 Å². The van der Waals surface area contributed by atoms with E-state index < -0.39 is 12.0 Å². The molecular formula is C25H23N3O3S. The molecule has 0 spiro atoms. The van der Waals surface area contributed by atoms with E-state index in [1.54, 1.807) is 26.2 Å². The van der Waals surface area contributed by atoms with Crippen molar-refractivity contribution < 1.29 is 14.3 Å². The van der Waals surface area contributed by atoms with E-state index in [0.29, 0.717) is 16.1 Å². The maximum absolute atomic E-state index is 12.8. The third kappa shape index (κ3) is 4.78. The summed E-state index contributed by atoms with van der Waals surface area (Å²) in [6.07, 6.45) is 0. The molecule has 0 fully saturated rings. The summed E-state index contributed by atoms with van der Waals surface area (Å²) in [6.45, 7) is 2.06. The number of hydrogen-bond acceptors (Lipinski definition) is 6. The Bertz CT molecular complexity index is 1170. The lowest BCUT2D eigenvalue weighted by molar-refractivity contribution is -0.144. The summed E-state index contributed by atoms with van der Waals surface area (Å²) in [5, 5.41) is 0. The quantitative estimate of drug-likeness (QED) is 0.383. The van der Waals surface area contributed by atoms with Crippen molar-refractivity contribution >= 4 is 17.5 Å². The number of carbonyl (C=O) groups is 1. The Morgan fingerprint density at radius 3 is 2.28 bits per heavy atom. The first-order valence-corrected chi connectivity index (χ1v) is 11.0. The summed E-state index contributed by atoms with van der Waals surface area (Å²) in [4.78, 5) is 22.7. The second kappa shape index (κ2) is 10.1. The van der Waals surface area contributed by atoms with Crippen LogP contribution < -0.4 is 9.54 Å². The molecule has 0 saturated carbocycles. The highest BCUT2D eigenvalue weighted by molar-refractivity contribution is 7.04. The van der Waals surface area contributed by atoms with E-state index in [4.69, 9.17) is 19.5 Å². The molecule has 32 heavy (non-hydrogen) atoms. The van der Waals surface area contributed by atoms with Crippen molar-refractivity contribution in [1.29, 1.82) is 0 Å². The van der Waals surface area contributed by atoms with Gasteiger partial charge < -0.3 is 9.47 Å². The maximum Gasteiger partial charge on any atom is 0.335 e. The van der Waals surface area contributed by atoms with Gasteiger partial charge >= 0.3 is 5.97 Å². The molecule has 162 valence electrons. The summed E-state index contributed by atoms with van der Waals surface area (Å²) in [7, 11) is 1.60. The molecule has 4 rings (SSSR count). The average molecular weight is 446 g/mol. The lowest BCUT2D eigenvalue weighted by Gasteiger charge is -2.11. The third-order valence-corrected chi connectivity index (χ3v) is 5.70. The number of benzene rings is 3. The Kier molecular flexibility index (Phi) is 6.77. The average Bonchev–Trinajstić information content (AvgIpc) is 3.28. The van der Waals surface area contributed by atoms with Crippen LogP contribution in [0.25, 0.3) is 17.1 Å². The molecule has 0 saturated heterocycles. The minimum Gasteiger partial charge on any atom is -0.497 e. The maximum atomic E-state index is 12.8. The van der Waals surface area contributed by atoms with Crippen molar-refractivity contribution in [3.05, 3.63) is 95.3 Å². The van der Waals surface area contributed by atoms with E-state index in [9.17, 15) is 4.79 Å². The molecule has 7 heteroatoms. The lowest BCUT2D eigenvalue weighted by Crippen LogP contribution is -2.17. The molecule has 1 aromatic heterocycles. The van der Waals surface area contributed by atoms with Gasteiger partial charge in [0.2, 0.25) is 4.80 Å². The smallest absolute Gasteiger partial charge is 0.335 e. The van der Waals surface area contributed by atoms with Gasteiger partial charge in [-0.05, 0) is 48.3 Å². The Morgan fingerprint density at radius 2 is 1.66 bits per heavy atom. The van der Waals surface area contributed by atoms with Crippen LogP contribution in [0.15, 0.2) is 89.9 Å². The predicted octanol–water partition coefficient (Wildman–Crippen LogP) is 4.81. The Hall–Kier alpha value is -3.71. The van der Waals surface area contributed by atoms with E-state index in [2.05, 4.69) is 0 Å². The van der Waals surface area contributed by atoms with Crippen molar-refractivity contribution in [3.63, 3.8) is 0 Å². The molecular weight excluding hydrogens is 422 g/mol. The summed E-state index contributed by atoms with van der Waals surface area (Å²) in [6, 6.07) is 26.3. The van der Waals surface area contributed by atoms with Crippen LogP contribution in [0, 0.1) is 0 Å². The fraction of sp³-hybridized carbons (Fsp3) is 0.160. The largest absolute Gasteiger partial charge is 0.497 e. The Morgan fingerprint density at radius 1 is 1.00 bits per heavy atom. The molecule has 0 bridgehead atoms. The van der Waals surface area contributed by atoms with Crippen molar-refractivity contribution in [2.75, 3.05) is 13.7 Å². The SMILES string of the molecule is CCOC(=O)C(N=c1nc(-c2ccccc2)n(-c2ccccc2)s1)c1ccc(OC)cc1. The third-order valence-electron chi connectivity index (χ3n) is 4.77. The number of esters is 1. The fourth-order valence-corrected chi connectivity index (χ4v) is 4.13. The molecule has 6 nitrogen and oxygen atoms in total. The zero-order valence-corrected chi connectivity index (χ0v) is 18.7. The standard InChI is InChI=1S/C25H23N3O3S/c1-3-31-24(29)22(18-14-16-21(30-2)17-15-18)26-25-27-23(19-10-6-4-7-11-19)28(32-25)20-12-8-5-9-13-20/h4-17,22H,3H2,1-2H3. The number of rotatable bonds is 7. The van der Waals surface area contributed by atoms with Gasteiger partial charge in [-0.2, -0.15) is 4.98 Å². The van der Waals surface area contributed by atoms with Gasteiger partial charge in [0, 0.05) is 5.56 Å². The van der Waals surface area contributed by atoms with Crippen LogP contribution in [0.1, 0.15) is 18.5 Å². The summed E-state index contributed by atoms with van der Waals surface area (Å²) in [5.74, 6) is 1.05. The molecule has 0 amide bonds. The number of aromatic nitrogens is 2. The van der Waals surface area contributed by atoms with E-state index in [1.165, 1.54) is 11.5 Å². The number of hydrogen-bond donors (Lipinski definition) is 0. The molecule has 3 aromatic carbocycles. The molecule has 0 aliphatic carbocycles. The molecule has 0 N–H and O–H groups in total. The van der Waals surface area contributed by atoms with Gasteiger partial charge in [-0.3, -0.25) is 0 Å². The molecule has 1 heterocycles. The van der Waals surface area contributed by atoms with E-state index in [1.807, 2.05) is 76.8 Å². The van der Waals surface area contributed by atoms with Gasteiger partial charge in [-0.15, -0.1) is 0 Å². The number of nitrogens with zero attached hydrogens (tertiary/aromatic N) is 3. The van der Waals surface area contributed by atoms with E-state index in [0.717, 1.165) is 17.1 Å². The van der Waals surface area contributed by atoms with Crippen molar-refractivity contribution in [1.82, 2.24) is 8.94 Å². The highest BCUT2D eigenvalue weighted by Crippen LogP contribution is 2.24. The van der Waals surface area contributed by atoms with Crippen molar-refractivity contribution in [2.24, 2.45) is 4.99 Å². The minimum atomic E-state index is -0.820. The zero-order chi connectivity index (χ0) is 22.3. The first-order chi connectivity index (χ1) is 15.7. The number of methoxy groups -OCH3 is 1. The van der Waals surface area contributed by atoms with Gasteiger partial charge in [-0.25, -0.2) is 13.7 Å². The lowest BCUT2D eigenvalue weighted by atomic mass is 10.1. The highest BCUT2D eigenvalue weighted by Gasteiger charge is 2.22. The van der Waals surface area contributed by atoms with Crippen LogP contribution in [0.2, 0.25) is 0 Å².